The number of hydrogen-bond acceptors (Lipinski definition) is 4. The molecule has 164 valence electrons. The third kappa shape index (κ3) is 4.27. The zero-order chi connectivity index (χ0) is 22.9. The Balaban J connectivity index is 1.92. The smallest absolute Gasteiger partial charge is 0.416 e. The average Bonchev–Trinajstić information content (AvgIpc) is 3.24. The van der Waals surface area contributed by atoms with Crippen LogP contribution in [-0.4, -0.2) is 25.7 Å². The van der Waals surface area contributed by atoms with Crippen LogP contribution in [0.1, 0.15) is 19.4 Å². The first-order valence-corrected chi connectivity index (χ1v) is 9.82. The van der Waals surface area contributed by atoms with Gasteiger partial charge in [-0.3, -0.25) is 4.79 Å². The molecule has 2 heterocycles. The van der Waals surface area contributed by atoms with Gasteiger partial charge in [-0.2, -0.15) is 23.4 Å². The molecule has 0 aliphatic heterocycles. The molecule has 0 radical (unpaired) electrons. The molecule has 0 saturated heterocycles. The molecule has 0 amide bonds. The Bertz CT molecular complexity index is 1290. The first-order valence-electron chi connectivity index (χ1n) is 9.82. The quantitative estimate of drug-likeness (QED) is 0.443. The highest BCUT2D eigenvalue weighted by atomic mass is 19.4. The Morgan fingerprint density at radius 3 is 2.38 bits per heavy atom. The van der Waals surface area contributed by atoms with Gasteiger partial charge in [0.25, 0.3) is 5.43 Å². The third-order valence-electron chi connectivity index (χ3n) is 4.57. The zero-order valence-corrected chi connectivity index (χ0v) is 17.2. The highest BCUT2D eigenvalue weighted by Crippen LogP contribution is 2.30. The van der Waals surface area contributed by atoms with E-state index in [0.717, 1.165) is 12.1 Å². The van der Waals surface area contributed by atoms with Crippen molar-refractivity contribution in [3.05, 3.63) is 88.8 Å². The van der Waals surface area contributed by atoms with Gasteiger partial charge < -0.3 is 4.74 Å². The number of para-hydroxylation sites is 1. The number of nitrogens with zero attached hydrogens (tertiary/aromatic N) is 4. The van der Waals surface area contributed by atoms with Crippen LogP contribution >= 0.6 is 0 Å². The van der Waals surface area contributed by atoms with E-state index in [0.29, 0.717) is 11.4 Å². The van der Waals surface area contributed by atoms with Crippen molar-refractivity contribution in [1.82, 2.24) is 19.6 Å². The molecule has 0 aliphatic rings. The summed E-state index contributed by atoms with van der Waals surface area (Å²) in [5.41, 5.74) is -0.0784. The maximum absolute atomic E-state index is 13.2. The zero-order valence-electron chi connectivity index (χ0n) is 17.2. The third-order valence-corrected chi connectivity index (χ3v) is 4.57. The average molecular weight is 440 g/mol. The Morgan fingerprint density at radius 1 is 0.969 bits per heavy atom. The van der Waals surface area contributed by atoms with E-state index in [-0.39, 0.29) is 23.2 Å². The second-order valence-electron chi connectivity index (χ2n) is 7.29. The molecule has 0 atom stereocenters. The second kappa shape index (κ2) is 8.33. The van der Waals surface area contributed by atoms with Crippen LogP contribution in [-0.2, 0) is 6.18 Å². The van der Waals surface area contributed by atoms with Gasteiger partial charge in [0.1, 0.15) is 0 Å². The van der Waals surface area contributed by atoms with Crippen LogP contribution < -0.4 is 10.2 Å². The molecule has 32 heavy (non-hydrogen) atoms. The molecule has 0 saturated carbocycles. The van der Waals surface area contributed by atoms with Gasteiger partial charge in [0.05, 0.1) is 41.1 Å². The molecule has 9 heteroatoms. The normalized spacial score (nSPS) is 11.7. The van der Waals surface area contributed by atoms with Crippen molar-refractivity contribution in [1.29, 1.82) is 0 Å². The van der Waals surface area contributed by atoms with Gasteiger partial charge in [0.15, 0.2) is 11.4 Å². The summed E-state index contributed by atoms with van der Waals surface area (Å²) < 4.78 is 48.1. The standard InChI is InChI=1S/C23H19F3N4O2/c1-15(2)32-20-14-29(18-10-6-7-16(13-18)23(24,25)26)28-21(22(20)31)19-11-12-27-30(19)17-8-4-3-5-9-17/h3-15H,1-2H3. The summed E-state index contributed by atoms with van der Waals surface area (Å²) >= 11 is 0. The molecule has 4 rings (SSSR count). The van der Waals surface area contributed by atoms with Crippen molar-refractivity contribution in [3.8, 4) is 28.5 Å². The molecule has 0 aliphatic carbocycles. The van der Waals surface area contributed by atoms with E-state index in [9.17, 15) is 18.0 Å². The van der Waals surface area contributed by atoms with Gasteiger partial charge in [-0.25, -0.2) is 9.36 Å². The lowest BCUT2D eigenvalue weighted by Gasteiger charge is -2.15. The van der Waals surface area contributed by atoms with Crippen LogP contribution in [0.15, 0.2) is 77.9 Å². The fourth-order valence-corrected chi connectivity index (χ4v) is 3.19. The molecular weight excluding hydrogens is 421 g/mol. The number of hydrogen-bond donors (Lipinski definition) is 0. The summed E-state index contributed by atoms with van der Waals surface area (Å²) in [6, 6.07) is 15.5. The van der Waals surface area contributed by atoms with E-state index in [4.69, 9.17) is 4.74 Å². The van der Waals surface area contributed by atoms with Crippen LogP contribution in [0.4, 0.5) is 13.2 Å². The van der Waals surface area contributed by atoms with Gasteiger partial charge in [-0.15, -0.1) is 0 Å². The van der Waals surface area contributed by atoms with E-state index in [2.05, 4.69) is 10.2 Å². The van der Waals surface area contributed by atoms with E-state index < -0.39 is 17.2 Å². The lowest BCUT2D eigenvalue weighted by molar-refractivity contribution is -0.137. The number of aromatic nitrogens is 4. The lowest BCUT2D eigenvalue weighted by atomic mass is 10.2. The van der Waals surface area contributed by atoms with E-state index in [1.54, 1.807) is 24.6 Å². The summed E-state index contributed by atoms with van der Waals surface area (Å²) in [6.45, 7) is 3.50. The summed E-state index contributed by atoms with van der Waals surface area (Å²) in [5, 5.41) is 8.64. The van der Waals surface area contributed by atoms with Crippen LogP contribution in [0, 0.1) is 0 Å². The Morgan fingerprint density at radius 2 is 1.69 bits per heavy atom. The highest BCUT2D eigenvalue weighted by molar-refractivity contribution is 5.59. The molecule has 0 N–H and O–H groups in total. The fraction of sp³-hybridized carbons (Fsp3) is 0.174. The summed E-state index contributed by atoms with van der Waals surface area (Å²) in [6.07, 6.45) is -2.02. The van der Waals surface area contributed by atoms with Crippen molar-refractivity contribution >= 4 is 0 Å². The maximum Gasteiger partial charge on any atom is 0.416 e. The van der Waals surface area contributed by atoms with Gasteiger partial charge in [-0.1, -0.05) is 24.3 Å². The minimum Gasteiger partial charge on any atom is -0.485 e. The van der Waals surface area contributed by atoms with Crippen LogP contribution in [0.2, 0.25) is 0 Å². The van der Waals surface area contributed by atoms with Crippen LogP contribution in [0.25, 0.3) is 22.8 Å². The Hall–Kier alpha value is -3.88. The maximum atomic E-state index is 13.2. The first kappa shape index (κ1) is 21.4. The second-order valence-corrected chi connectivity index (χ2v) is 7.29. The number of rotatable bonds is 5. The van der Waals surface area contributed by atoms with Gasteiger partial charge in [0.2, 0.25) is 0 Å². The summed E-state index contributed by atoms with van der Waals surface area (Å²) in [5.74, 6) is -0.0248. The Kier molecular flexibility index (Phi) is 5.56. The van der Waals surface area contributed by atoms with Crippen molar-refractivity contribution in [3.63, 3.8) is 0 Å². The van der Waals surface area contributed by atoms with E-state index in [1.807, 2.05) is 30.3 Å². The van der Waals surface area contributed by atoms with E-state index in [1.165, 1.54) is 29.2 Å². The number of halogens is 3. The number of ether oxygens (including phenoxy) is 1. The molecule has 0 bridgehead atoms. The van der Waals surface area contributed by atoms with E-state index >= 15 is 0 Å². The van der Waals surface area contributed by atoms with Crippen molar-refractivity contribution in [2.75, 3.05) is 0 Å². The molecule has 0 spiro atoms. The topological polar surface area (TPSA) is 61.9 Å². The van der Waals surface area contributed by atoms with Crippen LogP contribution in [0.5, 0.6) is 5.75 Å². The minimum absolute atomic E-state index is 0.00177. The molecule has 4 aromatic rings. The first-order chi connectivity index (χ1) is 15.2. The molecule has 0 fully saturated rings. The van der Waals surface area contributed by atoms with Crippen LogP contribution in [0.3, 0.4) is 0 Å². The highest BCUT2D eigenvalue weighted by Gasteiger charge is 2.30. The predicted molar refractivity (Wildman–Crippen MR) is 113 cm³/mol. The van der Waals surface area contributed by atoms with Crippen molar-refractivity contribution < 1.29 is 17.9 Å². The summed E-state index contributed by atoms with van der Waals surface area (Å²) in [4.78, 5) is 13.2. The predicted octanol–water partition coefficient (Wildman–Crippen LogP) is 4.89. The van der Waals surface area contributed by atoms with Crippen molar-refractivity contribution in [2.45, 2.75) is 26.1 Å². The van der Waals surface area contributed by atoms with Gasteiger partial charge >= 0.3 is 6.18 Å². The van der Waals surface area contributed by atoms with Crippen molar-refractivity contribution in [2.24, 2.45) is 0 Å². The lowest BCUT2D eigenvalue weighted by Crippen LogP contribution is -2.21. The molecule has 2 aromatic heterocycles. The Labute approximate surface area is 181 Å². The monoisotopic (exact) mass is 440 g/mol. The minimum atomic E-state index is -4.51. The molecule has 2 aromatic carbocycles. The SMILES string of the molecule is CC(C)Oc1cn(-c2cccc(C(F)(F)F)c2)nc(-c2ccnn2-c2ccccc2)c1=O. The molecular formula is C23H19F3N4O2. The molecule has 0 unspecified atom stereocenters. The number of benzene rings is 2. The largest absolute Gasteiger partial charge is 0.485 e. The fourth-order valence-electron chi connectivity index (χ4n) is 3.19. The van der Waals surface area contributed by atoms with Gasteiger partial charge in [0, 0.05) is 0 Å². The van der Waals surface area contributed by atoms with Gasteiger partial charge in [-0.05, 0) is 50.2 Å². The summed E-state index contributed by atoms with van der Waals surface area (Å²) in [7, 11) is 0. The number of alkyl halides is 3. The molecule has 6 nitrogen and oxygen atoms in total.